The average molecular weight is 531 g/mol. The molecule has 0 aromatic heterocycles. The Labute approximate surface area is 227 Å². The predicted molar refractivity (Wildman–Crippen MR) is 155 cm³/mol. The van der Waals surface area contributed by atoms with E-state index >= 15 is 0 Å². The molecule has 1 unspecified atom stereocenters. The number of ether oxygens (including phenoxy) is 2. The number of unbranched alkanes of at least 4 members (excludes halogenated alkanes) is 8. The summed E-state index contributed by atoms with van der Waals surface area (Å²) in [5.41, 5.74) is 0.372. The first-order valence-electron chi connectivity index (χ1n) is 13.9. The van der Waals surface area contributed by atoms with Crippen molar-refractivity contribution in [2.24, 2.45) is 0 Å². The van der Waals surface area contributed by atoms with Crippen LogP contribution in [0, 0.1) is 0 Å². The molecule has 0 aliphatic rings. The summed E-state index contributed by atoms with van der Waals surface area (Å²) in [5.74, 6) is 0.0417. The van der Waals surface area contributed by atoms with Gasteiger partial charge in [0.05, 0.1) is 19.4 Å². The maximum atomic E-state index is 12.8. The molecule has 206 valence electrons. The van der Waals surface area contributed by atoms with Gasteiger partial charge >= 0.3 is 11.9 Å². The average Bonchev–Trinajstić information content (AvgIpc) is 2.83. The van der Waals surface area contributed by atoms with E-state index in [2.05, 4.69) is 25.1 Å². The summed E-state index contributed by atoms with van der Waals surface area (Å²) in [6.07, 6.45) is 11.5. The summed E-state index contributed by atoms with van der Waals surface area (Å²) in [5, 5.41) is 11.0. The largest absolute Gasteiger partial charge is 0.493 e. The fourth-order valence-corrected chi connectivity index (χ4v) is 5.64. The minimum absolute atomic E-state index is 0.0366. The predicted octanol–water partition coefficient (Wildman–Crippen LogP) is 8.73. The zero-order valence-electron chi connectivity index (χ0n) is 23.2. The second kappa shape index (κ2) is 16.6. The van der Waals surface area contributed by atoms with Gasteiger partial charge in [0, 0.05) is 16.6 Å². The third kappa shape index (κ3) is 12.3. The maximum Gasteiger partial charge on any atom is 0.307 e. The number of esters is 1. The van der Waals surface area contributed by atoms with E-state index in [0.29, 0.717) is 12.4 Å². The van der Waals surface area contributed by atoms with E-state index in [9.17, 15) is 14.7 Å². The minimum Gasteiger partial charge on any atom is -0.493 e. The van der Waals surface area contributed by atoms with E-state index in [4.69, 9.17) is 9.47 Å². The van der Waals surface area contributed by atoms with Crippen molar-refractivity contribution >= 4 is 34.5 Å². The molecule has 0 aliphatic carbocycles. The van der Waals surface area contributed by atoms with Crippen molar-refractivity contribution in [3.63, 3.8) is 0 Å². The van der Waals surface area contributed by atoms with Gasteiger partial charge in [-0.3, -0.25) is 9.59 Å². The molecule has 2 aromatic carbocycles. The van der Waals surface area contributed by atoms with E-state index < -0.39 is 11.6 Å². The third-order valence-corrected chi connectivity index (χ3v) is 7.41. The van der Waals surface area contributed by atoms with Gasteiger partial charge in [-0.15, -0.1) is 0 Å². The summed E-state index contributed by atoms with van der Waals surface area (Å²) in [4.78, 5) is 24.0. The zero-order chi connectivity index (χ0) is 27.1. The van der Waals surface area contributed by atoms with Gasteiger partial charge in [0.15, 0.2) is 0 Å². The lowest BCUT2D eigenvalue weighted by Crippen LogP contribution is -2.24. The summed E-state index contributed by atoms with van der Waals surface area (Å²) < 4.78 is 11.9. The number of carbonyl (C=O) groups is 2. The van der Waals surface area contributed by atoms with Gasteiger partial charge in [0.2, 0.25) is 0 Å². The van der Waals surface area contributed by atoms with Crippen molar-refractivity contribution in [2.75, 3.05) is 12.4 Å². The van der Waals surface area contributed by atoms with Crippen LogP contribution in [0.3, 0.4) is 0 Å². The van der Waals surface area contributed by atoms with Gasteiger partial charge in [-0.05, 0) is 44.0 Å². The third-order valence-electron chi connectivity index (χ3n) is 6.17. The van der Waals surface area contributed by atoms with Crippen LogP contribution in [-0.4, -0.2) is 35.0 Å². The Morgan fingerprint density at radius 2 is 1.57 bits per heavy atom. The molecule has 0 radical (unpaired) electrons. The smallest absolute Gasteiger partial charge is 0.307 e. The van der Waals surface area contributed by atoms with Crippen molar-refractivity contribution in [1.82, 2.24) is 0 Å². The summed E-state index contributed by atoms with van der Waals surface area (Å²) in [6, 6.07) is 12.1. The van der Waals surface area contributed by atoms with Crippen LogP contribution < -0.4 is 4.74 Å². The van der Waals surface area contributed by atoms with Crippen LogP contribution in [0.2, 0.25) is 0 Å². The Morgan fingerprint density at radius 3 is 2.22 bits per heavy atom. The van der Waals surface area contributed by atoms with Crippen molar-refractivity contribution in [1.29, 1.82) is 0 Å². The van der Waals surface area contributed by atoms with E-state index in [1.807, 2.05) is 39.0 Å². The first-order chi connectivity index (χ1) is 17.7. The number of carboxylic acid groups (broad SMARTS) is 1. The number of hydrogen-bond acceptors (Lipinski definition) is 5. The number of rotatable bonds is 18. The first-order valence-corrected chi connectivity index (χ1v) is 15.0. The van der Waals surface area contributed by atoms with Gasteiger partial charge in [-0.1, -0.05) is 88.6 Å². The highest BCUT2D eigenvalue weighted by atomic mass is 32.2. The van der Waals surface area contributed by atoms with Gasteiger partial charge in [0.1, 0.15) is 11.4 Å². The van der Waals surface area contributed by atoms with Crippen LogP contribution in [0.5, 0.6) is 5.75 Å². The van der Waals surface area contributed by atoms with E-state index in [1.54, 1.807) is 0 Å². The molecule has 1 N–H and O–H groups in total. The van der Waals surface area contributed by atoms with Gasteiger partial charge in [0.25, 0.3) is 0 Å². The van der Waals surface area contributed by atoms with E-state index in [0.717, 1.165) is 34.9 Å². The number of fused-ring (bicyclic) bond motifs is 1. The molecular weight excluding hydrogens is 484 g/mol. The molecule has 0 aliphatic heterocycles. The van der Waals surface area contributed by atoms with Crippen LogP contribution in [0.15, 0.2) is 36.4 Å². The molecule has 0 saturated carbocycles. The highest BCUT2D eigenvalue weighted by Gasteiger charge is 2.26. The molecule has 6 heteroatoms. The second-order valence-electron chi connectivity index (χ2n) is 10.7. The lowest BCUT2D eigenvalue weighted by atomic mass is 9.99. The Morgan fingerprint density at radius 1 is 0.919 bits per heavy atom. The molecule has 1 atom stereocenters. The van der Waals surface area contributed by atoms with Crippen LogP contribution >= 0.6 is 11.8 Å². The monoisotopic (exact) mass is 530 g/mol. The molecule has 0 spiro atoms. The maximum absolute atomic E-state index is 12.8. The van der Waals surface area contributed by atoms with Crippen LogP contribution in [0.25, 0.3) is 10.8 Å². The fourth-order valence-electron chi connectivity index (χ4n) is 4.40. The Hall–Kier alpha value is -2.21. The molecule has 5 nitrogen and oxygen atoms in total. The minimum atomic E-state index is -0.844. The molecule has 0 fully saturated rings. The van der Waals surface area contributed by atoms with Crippen LogP contribution in [0.1, 0.15) is 109 Å². The summed E-state index contributed by atoms with van der Waals surface area (Å²) >= 11 is 1.48. The molecule has 2 aromatic rings. The van der Waals surface area contributed by atoms with Crippen molar-refractivity contribution in [3.05, 3.63) is 42.0 Å². The number of thioether (sulfide) groups is 1. The zero-order valence-corrected chi connectivity index (χ0v) is 24.0. The quantitative estimate of drug-likeness (QED) is 0.153. The Balaban J connectivity index is 2.13. The Kier molecular flexibility index (Phi) is 13.9. The second-order valence-corrected chi connectivity index (χ2v) is 12.0. The molecule has 37 heavy (non-hydrogen) atoms. The summed E-state index contributed by atoms with van der Waals surface area (Å²) in [6.45, 7) is 8.44. The standard InChI is InChI=1S/C31H46O5S/c1-5-6-7-8-9-10-11-12-15-21-35-26-19-18-24-16-13-14-17-25(24)30(26)27(37-22-20-28(32)33)23-29(34)36-31(2,3)4/h13-14,16-19,27H,5-12,15,20-23H2,1-4H3,(H,32,33). The van der Waals surface area contributed by atoms with Crippen molar-refractivity contribution in [2.45, 2.75) is 109 Å². The number of carbonyl (C=O) groups excluding carboxylic acids is 1. The van der Waals surface area contributed by atoms with Gasteiger partial charge in [-0.25, -0.2) is 0 Å². The van der Waals surface area contributed by atoms with Gasteiger partial charge in [-0.2, -0.15) is 11.8 Å². The van der Waals surface area contributed by atoms with E-state index in [1.165, 1.54) is 56.7 Å². The molecular formula is C31H46O5S. The van der Waals surface area contributed by atoms with Gasteiger partial charge < -0.3 is 14.6 Å². The molecule has 0 amide bonds. The highest BCUT2D eigenvalue weighted by molar-refractivity contribution is 7.99. The Bertz CT molecular complexity index is 966. The van der Waals surface area contributed by atoms with Crippen molar-refractivity contribution in [3.8, 4) is 5.75 Å². The number of carboxylic acids is 1. The normalized spacial score (nSPS) is 12.4. The SMILES string of the molecule is CCCCCCCCCCCOc1ccc2ccccc2c1C(CC(=O)OC(C)(C)C)SCCC(=O)O. The number of aliphatic carboxylic acids is 1. The summed E-state index contributed by atoms with van der Waals surface area (Å²) in [7, 11) is 0. The first kappa shape index (κ1) is 31.0. The number of hydrogen-bond donors (Lipinski definition) is 1. The van der Waals surface area contributed by atoms with Crippen LogP contribution in [0.4, 0.5) is 0 Å². The highest BCUT2D eigenvalue weighted by Crippen LogP contribution is 2.43. The van der Waals surface area contributed by atoms with E-state index in [-0.39, 0.29) is 24.1 Å². The number of benzene rings is 2. The van der Waals surface area contributed by atoms with Crippen LogP contribution in [-0.2, 0) is 14.3 Å². The molecule has 0 saturated heterocycles. The lowest BCUT2D eigenvalue weighted by molar-refractivity contribution is -0.154. The topological polar surface area (TPSA) is 72.8 Å². The fraction of sp³-hybridized carbons (Fsp3) is 0.613. The molecule has 0 heterocycles. The van der Waals surface area contributed by atoms with Crippen molar-refractivity contribution < 1.29 is 24.2 Å². The molecule has 2 rings (SSSR count). The molecule has 0 bridgehead atoms. The lowest BCUT2D eigenvalue weighted by Gasteiger charge is -2.24.